The van der Waals surface area contributed by atoms with E-state index < -0.39 is 5.60 Å². The van der Waals surface area contributed by atoms with E-state index >= 15 is 0 Å². The van der Waals surface area contributed by atoms with Crippen molar-refractivity contribution in [2.24, 2.45) is 14.1 Å². The molecule has 5 heteroatoms. The van der Waals surface area contributed by atoms with Crippen molar-refractivity contribution in [3.05, 3.63) is 26.4 Å². The van der Waals surface area contributed by atoms with E-state index in [-0.39, 0.29) is 17.2 Å². The summed E-state index contributed by atoms with van der Waals surface area (Å²) in [4.78, 5) is 23.7. The zero-order chi connectivity index (χ0) is 12.2. The van der Waals surface area contributed by atoms with Crippen LogP contribution >= 0.6 is 0 Å². The minimum Gasteiger partial charge on any atom is -0.472 e. The lowest BCUT2D eigenvalue weighted by Crippen LogP contribution is -2.38. The third-order valence-corrected chi connectivity index (χ3v) is 3.48. The molecule has 1 aromatic heterocycles. The van der Waals surface area contributed by atoms with Gasteiger partial charge in [-0.3, -0.25) is 13.9 Å². The van der Waals surface area contributed by atoms with Gasteiger partial charge in [0.15, 0.2) is 0 Å². The molecule has 0 N–H and O–H groups in total. The van der Waals surface area contributed by atoms with Crippen molar-refractivity contribution in [2.45, 2.75) is 32.3 Å². The fraction of sp³-hybridized carbons (Fsp3) is 0.636. The van der Waals surface area contributed by atoms with E-state index in [9.17, 15) is 9.59 Å². The zero-order valence-corrected chi connectivity index (χ0v) is 10.2. The summed E-state index contributed by atoms with van der Waals surface area (Å²) >= 11 is 0. The van der Waals surface area contributed by atoms with E-state index in [1.54, 1.807) is 7.05 Å². The van der Waals surface area contributed by atoms with Gasteiger partial charge in [-0.15, -0.1) is 0 Å². The van der Waals surface area contributed by atoms with E-state index in [0.29, 0.717) is 11.4 Å². The first kappa shape index (κ1) is 11.0. The lowest BCUT2D eigenvalue weighted by molar-refractivity contribution is 0.106. The topological polar surface area (TPSA) is 53.2 Å². The molecule has 5 nitrogen and oxygen atoms in total. The maximum absolute atomic E-state index is 12.0. The highest BCUT2D eigenvalue weighted by Gasteiger charge is 2.42. The Hall–Kier alpha value is -1.52. The molecule has 1 unspecified atom stereocenters. The number of fused-ring (bicyclic) bond motifs is 1. The quantitative estimate of drug-likeness (QED) is 0.639. The summed E-state index contributed by atoms with van der Waals surface area (Å²) in [6.07, 6.45) is 0. The average molecular weight is 224 g/mol. The van der Waals surface area contributed by atoms with E-state index in [1.807, 2.05) is 20.8 Å². The molecule has 2 rings (SSSR count). The molecule has 1 atom stereocenters. The van der Waals surface area contributed by atoms with Gasteiger partial charge in [-0.25, -0.2) is 4.79 Å². The van der Waals surface area contributed by atoms with Crippen LogP contribution < -0.4 is 16.0 Å². The van der Waals surface area contributed by atoms with Crippen molar-refractivity contribution >= 4 is 0 Å². The number of hydrogen-bond donors (Lipinski definition) is 0. The van der Waals surface area contributed by atoms with Crippen LogP contribution in [0, 0.1) is 0 Å². The van der Waals surface area contributed by atoms with Crippen LogP contribution in [0.3, 0.4) is 0 Å². The predicted molar refractivity (Wildman–Crippen MR) is 60.0 cm³/mol. The first-order chi connectivity index (χ1) is 7.27. The zero-order valence-electron chi connectivity index (χ0n) is 10.2. The molecule has 0 bridgehead atoms. The third kappa shape index (κ3) is 1.17. The summed E-state index contributed by atoms with van der Waals surface area (Å²) in [5.41, 5.74) is -0.459. The van der Waals surface area contributed by atoms with Gasteiger partial charge in [-0.05, 0) is 13.8 Å². The van der Waals surface area contributed by atoms with Gasteiger partial charge in [0.25, 0.3) is 5.56 Å². The molecule has 0 saturated heterocycles. The van der Waals surface area contributed by atoms with Crippen molar-refractivity contribution < 1.29 is 4.74 Å². The monoisotopic (exact) mass is 224 g/mol. The molecule has 0 radical (unpaired) electrons. The fourth-order valence-electron chi connectivity index (χ4n) is 2.03. The van der Waals surface area contributed by atoms with Gasteiger partial charge >= 0.3 is 5.69 Å². The third-order valence-electron chi connectivity index (χ3n) is 3.48. The summed E-state index contributed by atoms with van der Waals surface area (Å²) in [6, 6.07) is 0. The second-order valence-corrected chi connectivity index (χ2v) is 4.85. The Morgan fingerprint density at radius 1 is 1.19 bits per heavy atom. The standard InChI is InChI=1S/C11H16N2O3/c1-6-7-8(14)12(4)10(15)13(5)9(7)16-11(6,2)3/h6H,1-5H3. The highest BCUT2D eigenvalue weighted by atomic mass is 16.5. The largest absolute Gasteiger partial charge is 0.472 e. The van der Waals surface area contributed by atoms with Crippen LogP contribution in [-0.4, -0.2) is 14.7 Å². The minimum atomic E-state index is -0.444. The fourth-order valence-corrected chi connectivity index (χ4v) is 2.03. The van der Waals surface area contributed by atoms with Crippen LogP contribution in [0.15, 0.2) is 9.59 Å². The van der Waals surface area contributed by atoms with Crippen molar-refractivity contribution in [3.63, 3.8) is 0 Å². The maximum atomic E-state index is 12.0. The number of ether oxygens (including phenoxy) is 1. The maximum Gasteiger partial charge on any atom is 0.333 e. The Morgan fingerprint density at radius 3 is 2.31 bits per heavy atom. The van der Waals surface area contributed by atoms with Crippen LogP contribution in [0.5, 0.6) is 5.88 Å². The first-order valence-electron chi connectivity index (χ1n) is 5.26. The highest BCUT2D eigenvalue weighted by Crippen LogP contribution is 2.40. The second kappa shape index (κ2) is 2.99. The molecule has 88 valence electrons. The lowest BCUT2D eigenvalue weighted by Gasteiger charge is -2.22. The van der Waals surface area contributed by atoms with Crippen LogP contribution in [0.2, 0.25) is 0 Å². The van der Waals surface area contributed by atoms with Gasteiger partial charge in [0.1, 0.15) is 5.60 Å². The molecule has 0 aliphatic carbocycles. The highest BCUT2D eigenvalue weighted by molar-refractivity contribution is 5.35. The van der Waals surface area contributed by atoms with Gasteiger partial charge in [0.2, 0.25) is 5.88 Å². The number of rotatable bonds is 0. The first-order valence-corrected chi connectivity index (χ1v) is 5.26. The molecule has 0 fully saturated rings. The van der Waals surface area contributed by atoms with Crippen molar-refractivity contribution in [1.82, 2.24) is 9.13 Å². The van der Waals surface area contributed by atoms with Crippen molar-refractivity contribution in [1.29, 1.82) is 0 Å². The Labute approximate surface area is 93.3 Å². The van der Waals surface area contributed by atoms with Crippen molar-refractivity contribution in [2.75, 3.05) is 0 Å². The minimum absolute atomic E-state index is 0.0204. The Morgan fingerprint density at radius 2 is 1.75 bits per heavy atom. The number of hydrogen-bond acceptors (Lipinski definition) is 3. The lowest BCUT2D eigenvalue weighted by atomic mass is 9.90. The van der Waals surface area contributed by atoms with Gasteiger partial charge in [-0.1, -0.05) is 6.92 Å². The Bertz CT molecular complexity index is 566. The van der Waals surface area contributed by atoms with E-state index in [2.05, 4.69) is 0 Å². The van der Waals surface area contributed by atoms with E-state index in [0.717, 1.165) is 4.57 Å². The Kier molecular flexibility index (Phi) is 2.05. The predicted octanol–water partition coefficient (Wildman–Crippen LogP) is 0.358. The number of aromatic nitrogens is 2. The molecule has 1 aliphatic rings. The Balaban J connectivity index is 2.87. The summed E-state index contributed by atoms with van der Waals surface area (Å²) in [7, 11) is 3.11. The summed E-state index contributed by atoms with van der Waals surface area (Å²) in [5.74, 6) is 0.388. The molecule has 1 aliphatic heterocycles. The molecule has 1 aromatic rings. The van der Waals surface area contributed by atoms with Gasteiger partial charge in [-0.2, -0.15) is 0 Å². The number of nitrogens with zero attached hydrogens (tertiary/aromatic N) is 2. The van der Waals surface area contributed by atoms with E-state index in [4.69, 9.17) is 4.74 Å². The van der Waals surface area contributed by atoms with Gasteiger partial charge in [0, 0.05) is 20.0 Å². The molecular weight excluding hydrogens is 208 g/mol. The van der Waals surface area contributed by atoms with Crippen LogP contribution in [0.4, 0.5) is 0 Å². The molecule has 2 heterocycles. The molecule has 16 heavy (non-hydrogen) atoms. The molecule has 0 saturated carbocycles. The molecule has 0 spiro atoms. The van der Waals surface area contributed by atoms with Crippen LogP contribution in [-0.2, 0) is 14.1 Å². The molecule has 0 amide bonds. The summed E-state index contributed by atoms with van der Waals surface area (Å²) in [6.45, 7) is 5.78. The van der Waals surface area contributed by atoms with E-state index in [1.165, 1.54) is 11.6 Å². The van der Waals surface area contributed by atoms with Crippen LogP contribution in [0.1, 0.15) is 32.3 Å². The van der Waals surface area contributed by atoms with Crippen molar-refractivity contribution in [3.8, 4) is 5.88 Å². The van der Waals surface area contributed by atoms with Crippen LogP contribution in [0.25, 0.3) is 0 Å². The average Bonchev–Trinajstić information content (AvgIpc) is 2.45. The smallest absolute Gasteiger partial charge is 0.333 e. The summed E-state index contributed by atoms with van der Waals surface area (Å²) < 4.78 is 8.22. The normalized spacial score (nSPS) is 21.7. The summed E-state index contributed by atoms with van der Waals surface area (Å²) in [5, 5.41) is 0. The molecule has 0 aromatic carbocycles. The van der Waals surface area contributed by atoms with Gasteiger partial charge < -0.3 is 4.74 Å². The molecular formula is C11H16N2O3. The van der Waals surface area contributed by atoms with Gasteiger partial charge in [0.05, 0.1) is 5.56 Å². The second-order valence-electron chi connectivity index (χ2n) is 4.85. The SMILES string of the molecule is CC1c2c(n(C)c(=O)n(C)c2=O)OC1(C)C.